The molecule has 0 aliphatic carbocycles. The Bertz CT molecular complexity index is 905. The van der Waals surface area contributed by atoms with Gasteiger partial charge in [0.15, 0.2) is 0 Å². The lowest BCUT2D eigenvalue weighted by molar-refractivity contribution is -0.129. The maximum atomic E-state index is 12.3. The molecule has 1 amide bonds. The second kappa shape index (κ2) is 10.6. The Balaban J connectivity index is 1.78. The van der Waals surface area contributed by atoms with Crippen LogP contribution in [0.3, 0.4) is 0 Å². The summed E-state index contributed by atoms with van der Waals surface area (Å²) in [6.45, 7) is 7.05. The molecule has 3 rings (SSSR count). The summed E-state index contributed by atoms with van der Waals surface area (Å²) in [5.41, 5.74) is 3.65. The molecule has 3 heteroatoms. The fraction of sp³-hybridized carbons (Fsp3) is 0.296. The summed E-state index contributed by atoms with van der Waals surface area (Å²) in [6, 6.07) is 29.1. The molecule has 0 unspecified atom stereocenters. The molecule has 0 aliphatic heterocycles. The Morgan fingerprint density at radius 3 is 1.97 bits per heavy atom. The zero-order valence-corrected chi connectivity index (χ0v) is 18.1. The zero-order chi connectivity index (χ0) is 21.3. The van der Waals surface area contributed by atoms with Gasteiger partial charge in [-0.05, 0) is 49.1 Å². The highest BCUT2D eigenvalue weighted by Gasteiger charge is 2.18. The van der Waals surface area contributed by atoms with E-state index in [2.05, 4.69) is 48.5 Å². The molecule has 0 aromatic heterocycles. The van der Waals surface area contributed by atoms with Crippen LogP contribution in [0.5, 0.6) is 5.75 Å². The van der Waals surface area contributed by atoms with Gasteiger partial charge < -0.3 is 9.64 Å². The number of nitrogens with zero attached hydrogens (tertiary/aromatic N) is 1. The summed E-state index contributed by atoms with van der Waals surface area (Å²) < 4.78 is 5.80. The summed E-state index contributed by atoms with van der Waals surface area (Å²) in [6.07, 6.45) is 1.02. The number of rotatable bonds is 9. The first kappa shape index (κ1) is 21.6. The van der Waals surface area contributed by atoms with E-state index in [4.69, 9.17) is 4.74 Å². The lowest BCUT2D eigenvalue weighted by atomic mass is 9.88. The van der Waals surface area contributed by atoms with Crippen LogP contribution in [0.25, 0.3) is 0 Å². The quantitative estimate of drug-likeness (QED) is 0.437. The number of hydrogen-bond acceptors (Lipinski definition) is 2. The minimum absolute atomic E-state index is 0.103. The third-order valence-corrected chi connectivity index (χ3v) is 5.21. The smallest absolute Gasteiger partial charge is 0.219 e. The van der Waals surface area contributed by atoms with E-state index in [0.29, 0.717) is 13.1 Å². The van der Waals surface area contributed by atoms with Gasteiger partial charge in [0.2, 0.25) is 5.91 Å². The summed E-state index contributed by atoms with van der Waals surface area (Å²) >= 11 is 0. The topological polar surface area (TPSA) is 29.5 Å². The van der Waals surface area contributed by atoms with Crippen molar-refractivity contribution in [2.75, 3.05) is 6.54 Å². The molecule has 0 spiro atoms. The molecule has 1 atom stereocenters. The zero-order valence-electron chi connectivity index (χ0n) is 18.1. The summed E-state index contributed by atoms with van der Waals surface area (Å²) in [5.74, 6) is 1.21. The first-order valence-corrected chi connectivity index (χ1v) is 10.6. The van der Waals surface area contributed by atoms with Crippen LogP contribution in [0.15, 0.2) is 84.9 Å². The molecule has 0 heterocycles. The van der Waals surface area contributed by atoms with E-state index in [1.165, 1.54) is 11.1 Å². The fourth-order valence-electron chi connectivity index (χ4n) is 3.70. The minimum Gasteiger partial charge on any atom is -0.491 e. The number of ether oxygens (including phenoxy) is 1. The molecule has 0 saturated heterocycles. The highest BCUT2D eigenvalue weighted by atomic mass is 16.5. The van der Waals surface area contributed by atoms with Crippen LogP contribution in [0.2, 0.25) is 0 Å². The van der Waals surface area contributed by atoms with Gasteiger partial charge in [-0.2, -0.15) is 0 Å². The molecule has 0 fully saturated rings. The van der Waals surface area contributed by atoms with Gasteiger partial charge >= 0.3 is 0 Å². The maximum Gasteiger partial charge on any atom is 0.219 e. The predicted octanol–water partition coefficient (Wildman–Crippen LogP) is 6.04. The number of hydrogen-bond donors (Lipinski definition) is 0. The monoisotopic (exact) mass is 401 g/mol. The number of carbonyl (C=O) groups excluding carboxylic acids is 1. The third kappa shape index (κ3) is 6.21. The molecule has 3 nitrogen and oxygen atoms in total. The fourth-order valence-corrected chi connectivity index (χ4v) is 3.70. The molecule has 0 bridgehead atoms. The van der Waals surface area contributed by atoms with Crippen molar-refractivity contribution in [2.45, 2.75) is 45.8 Å². The second-order valence-corrected chi connectivity index (χ2v) is 7.91. The normalized spacial score (nSPS) is 11.9. The molecular weight excluding hydrogens is 370 g/mol. The molecule has 0 aliphatic rings. The first-order chi connectivity index (χ1) is 14.5. The number of amides is 1. The van der Waals surface area contributed by atoms with Crippen LogP contribution in [0.4, 0.5) is 0 Å². The first-order valence-electron chi connectivity index (χ1n) is 10.6. The minimum atomic E-state index is 0.103. The standard InChI is InChI=1S/C27H31NO2/c1-21(2)30-26-16-14-25(15-17-26)27(24-12-8-5-9-13-24)18-19-28(22(3)29)20-23-10-6-4-7-11-23/h4-17,21,27H,18-20H2,1-3H3/t27-/m1/s1. The van der Waals surface area contributed by atoms with Crippen molar-refractivity contribution in [1.82, 2.24) is 4.90 Å². The Morgan fingerprint density at radius 1 is 0.833 bits per heavy atom. The summed E-state index contributed by atoms with van der Waals surface area (Å²) in [7, 11) is 0. The average molecular weight is 402 g/mol. The Labute approximate surface area is 180 Å². The van der Waals surface area contributed by atoms with Gasteiger partial charge in [-0.25, -0.2) is 0 Å². The van der Waals surface area contributed by atoms with Crippen molar-refractivity contribution in [2.24, 2.45) is 0 Å². The van der Waals surface area contributed by atoms with Crippen molar-refractivity contribution >= 4 is 5.91 Å². The Kier molecular flexibility index (Phi) is 7.67. The number of benzene rings is 3. The van der Waals surface area contributed by atoms with E-state index in [0.717, 1.165) is 17.7 Å². The van der Waals surface area contributed by atoms with E-state index in [9.17, 15) is 4.79 Å². The van der Waals surface area contributed by atoms with Crippen LogP contribution in [0.1, 0.15) is 49.8 Å². The third-order valence-electron chi connectivity index (χ3n) is 5.21. The summed E-state index contributed by atoms with van der Waals surface area (Å²) in [5, 5.41) is 0. The lowest BCUT2D eigenvalue weighted by Gasteiger charge is -2.25. The average Bonchev–Trinajstić information content (AvgIpc) is 2.75. The van der Waals surface area contributed by atoms with E-state index in [1.54, 1.807) is 6.92 Å². The molecular formula is C27H31NO2. The van der Waals surface area contributed by atoms with Crippen molar-refractivity contribution in [3.63, 3.8) is 0 Å². The van der Waals surface area contributed by atoms with E-state index in [-0.39, 0.29) is 17.9 Å². The van der Waals surface area contributed by atoms with Gasteiger partial charge in [0.25, 0.3) is 0 Å². The van der Waals surface area contributed by atoms with E-state index >= 15 is 0 Å². The second-order valence-electron chi connectivity index (χ2n) is 7.91. The molecule has 3 aromatic rings. The maximum absolute atomic E-state index is 12.3. The SMILES string of the molecule is CC(=O)N(CC[C@H](c1ccccc1)c1ccc(OC(C)C)cc1)Cc1ccccc1. The van der Waals surface area contributed by atoms with Crippen LogP contribution >= 0.6 is 0 Å². The van der Waals surface area contributed by atoms with Gasteiger partial charge in [0.1, 0.15) is 5.75 Å². The van der Waals surface area contributed by atoms with Gasteiger partial charge in [0, 0.05) is 25.9 Å². The molecule has 0 saturated carbocycles. The van der Waals surface area contributed by atoms with Crippen molar-refractivity contribution < 1.29 is 9.53 Å². The summed E-state index contributed by atoms with van der Waals surface area (Å²) in [4.78, 5) is 14.2. The molecule has 30 heavy (non-hydrogen) atoms. The Morgan fingerprint density at radius 2 is 1.40 bits per heavy atom. The molecule has 0 N–H and O–H groups in total. The highest BCUT2D eigenvalue weighted by molar-refractivity contribution is 5.73. The van der Waals surface area contributed by atoms with E-state index in [1.807, 2.05) is 55.1 Å². The molecule has 156 valence electrons. The van der Waals surface area contributed by atoms with Gasteiger partial charge in [0.05, 0.1) is 6.10 Å². The number of carbonyl (C=O) groups is 1. The van der Waals surface area contributed by atoms with Gasteiger partial charge in [-0.1, -0.05) is 72.8 Å². The van der Waals surface area contributed by atoms with E-state index < -0.39 is 0 Å². The van der Waals surface area contributed by atoms with Gasteiger partial charge in [-0.15, -0.1) is 0 Å². The van der Waals surface area contributed by atoms with Crippen molar-refractivity contribution in [3.8, 4) is 5.75 Å². The Hall–Kier alpha value is -3.07. The van der Waals surface area contributed by atoms with Crippen molar-refractivity contribution in [3.05, 3.63) is 102 Å². The lowest BCUT2D eigenvalue weighted by Crippen LogP contribution is -2.30. The van der Waals surface area contributed by atoms with Gasteiger partial charge in [-0.3, -0.25) is 4.79 Å². The predicted molar refractivity (Wildman–Crippen MR) is 123 cm³/mol. The van der Waals surface area contributed by atoms with Crippen LogP contribution in [0, 0.1) is 0 Å². The van der Waals surface area contributed by atoms with Crippen LogP contribution < -0.4 is 4.74 Å². The largest absolute Gasteiger partial charge is 0.491 e. The van der Waals surface area contributed by atoms with Crippen LogP contribution in [-0.4, -0.2) is 23.5 Å². The molecule has 3 aromatic carbocycles. The highest BCUT2D eigenvalue weighted by Crippen LogP contribution is 2.30. The van der Waals surface area contributed by atoms with Crippen molar-refractivity contribution in [1.29, 1.82) is 0 Å². The molecule has 0 radical (unpaired) electrons. The van der Waals surface area contributed by atoms with Crippen LogP contribution in [-0.2, 0) is 11.3 Å².